The minimum absolute atomic E-state index is 0.301. The molecule has 28 heavy (non-hydrogen) atoms. The average molecular weight is 401 g/mol. The number of nitrogens with zero attached hydrogens (tertiary/aromatic N) is 1. The van der Waals surface area contributed by atoms with Crippen molar-refractivity contribution in [3.8, 4) is 0 Å². The van der Waals surface area contributed by atoms with E-state index in [1.165, 1.54) is 18.4 Å². The molecule has 1 heterocycles. The van der Waals surface area contributed by atoms with Crippen LogP contribution in [0.15, 0.2) is 53.4 Å². The van der Waals surface area contributed by atoms with Crippen LogP contribution in [0.3, 0.4) is 0 Å². The Morgan fingerprint density at radius 1 is 1.07 bits per heavy atom. The number of sulfonamides is 1. The molecule has 0 aliphatic carbocycles. The van der Waals surface area contributed by atoms with E-state index >= 15 is 0 Å². The van der Waals surface area contributed by atoms with E-state index in [9.17, 15) is 8.42 Å². The minimum atomic E-state index is -3.56. The molecule has 1 fully saturated rings. The van der Waals surface area contributed by atoms with Gasteiger partial charge in [-0.25, -0.2) is 8.42 Å². The lowest BCUT2D eigenvalue weighted by Gasteiger charge is -2.15. The summed E-state index contributed by atoms with van der Waals surface area (Å²) in [6.07, 6.45) is 3.31. The van der Waals surface area contributed by atoms with Crippen molar-refractivity contribution >= 4 is 15.7 Å². The highest BCUT2D eigenvalue weighted by molar-refractivity contribution is 7.92. The summed E-state index contributed by atoms with van der Waals surface area (Å²) in [5.41, 5.74) is 3.06. The summed E-state index contributed by atoms with van der Waals surface area (Å²) >= 11 is 0. The van der Waals surface area contributed by atoms with Gasteiger partial charge in [-0.15, -0.1) is 0 Å². The van der Waals surface area contributed by atoms with Gasteiger partial charge in [0.25, 0.3) is 10.0 Å². The van der Waals surface area contributed by atoms with Crippen LogP contribution >= 0.6 is 0 Å². The number of anilines is 1. The Bertz CT molecular complexity index is 858. The van der Waals surface area contributed by atoms with Gasteiger partial charge >= 0.3 is 0 Å². The van der Waals surface area contributed by atoms with Crippen LogP contribution in [0.4, 0.5) is 5.69 Å². The maximum atomic E-state index is 12.7. The van der Waals surface area contributed by atoms with Crippen LogP contribution in [-0.2, 0) is 16.4 Å². The van der Waals surface area contributed by atoms with E-state index in [2.05, 4.69) is 42.5 Å². The molecule has 1 aliphatic heterocycles. The van der Waals surface area contributed by atoms with Crippen molar-refractivity contribution in [2.24, 2.45) is 5.92 Å². The number of rotatable bonds is 8. The van der Waals surface area contributed by atoms with Crippen LogP contribution in [0.5, 0.6) is 0 Å². The Morgan fingerprint density at radius 2 is 1.75 bits per heavy atom. The minimum Gasteiger partial charge on any atom is -0.303 e. The molecular weight excluding hydrogens is 368 g/mol. The van der Waals surface area contributed by atoms with Crippen LogP contribution in [0.25, 0.3) is 0 Å². The third-order valence-corrected chi connectivity index (χ3v) is 6.72. The molecule has 2 aromatic carbocycles. The number of hydrogen-bond acceptors (Lipinski definition) is 3. The van der Waals surface area contributed by atoms with Gasteiger partial charge in [0, 0.05) is 12.2 Å². The molecule has 0 bridgehead atoms. The Labute approximate surface area is 170 Å². The van der Waals surface area contributed by atoms with Crippen LogP contribution < -0.4 is 4.72 Å². The maximum Gasteiger partial charge on any atom is 0.261 e. The van der Waals surface area contributed by atoms with Crippen LogP contribution in [-0.4, -0.2) is 33.0 Å². The number of nitrogens with one attached hydrogen (secondary N) is 1. The molecule has 1 unspecified atom stereocenters. The molecular formula is C23H32N2O2S. The van der Waals surface area contributed by atoms with Crippen molar-refractivity contribution in [1.82, 2.24) is 4.90 Å². The standard InChI is InChI=1S/C23H32N2O2S/c1-4-14-25-15-13-21(17-25)20-7-9-22(10-8-20)24-28(26,27)23-11-5-19(6-12-23)16-18(2)3/h5-12,18,21,24H,4,13-17H2,1-3H3. The molecule has 0 saturated carbocycles. The molecule has 152 valence electrons. The fraction of sp³-hybridized carbons (Fsp3) is 0.478. The van der Waals surface area contributed by atoms with Crippen LogP contribution in [0.2, 0.25) is 0 Å². The summed E-state index contributed by atoms with van der Waals surface area (Å²) in [6.45, 7) is 9.93. The average Bonchev–Trinajstić information content (AvgIpc) is 3.11. The smallest absolute Gasteiger partial charge is 0.261 e. The van der Waals surface area contributed by atoms with Crippen LogP contribution in [0, 0.1) is 5.92 Å². The van der Waals surface area contributed by atoms with Crippen molar-refractivity contribution in [2.75, 3.05) is 24.4 Å². The van der Waals surface area contributed by atoms with E-state index in [1.54, 1.807) is 12.1 Å². The highest BCUT2D eigenvalue weighted by Crippen LogP contribution is 2.28. The van der Waals surface area contributed by atoms with E-state index in [0.29, 0.717) is 22.4 Å². The van der Waals surface area contributed by atoms with Gasteiger partial charge in [0.2, 0.25) is 0 Å². The summed E-state index contributed by atoms with van der Waals surface area (Å²) in [7, 11) is -3.56. The SMILES string of the molecule is CCCN1CCC(c2ccc(NS(=O)(=O)c3ccc(CC(C)C)cc3)cc2)C1. The Hall–Kier alpha value is -1.85. The van der Waals surface area contributed by atoms with E-state index < -0.39 is 10.0 Å². The maximum absolute atomic E-state index is 12.7. The zero-order valence-corrected chi connectivity index (χ0v) is 18.0. The van der Waals surface area contributed by atoms with Crippen LogP contribution in [0.1, 0.15) is 50.7 Å². The summed E-state index contributed by atoms with van der Waals surface area (Å²) in [6, 6.07) is 15.1. The normalized spacial score (nSPS) is 17.9. The zero-order valence-electron chi connectivity index (χ0n) is 17.2. The molecule has 3 rings (SSSR count). The Balaban J connectivity index is 1.64. The topological polar surface area (TPSA) is 49.4 Å². The van der Waals surface area contributed by atoms with E-state index in [-0.39, 0.29) is 0 Å². The Morgan fingerprint density at radius 3 is 2.36 bits per heavy atom. The predicted octanol–water partition coefficient (Wildman–Crippen LogP) is 4.89. The zero-order chi connectivity index (χ0) is 20.1. The lowest BCUT2D eigenvalue weighted by atomic mass is 9.98. The first-order valence-electron chi connectivity index (χ1n) is 10.3. The first-order chi connectivity index (χ1) is 13.4. The monoisotopic (exact) mass is 400 g/mol. The fourth-order valence-corrected chi connectivity index (χ4v) is 5.00. The van der Waals surface area contributed by atoms with Gasteiger partial charge in [-0.2, -0.15) is 0 Å². The van der Waals surface area contributed by atoms with Gasteiger partial charge in [-0.05, 0) is 79.6 Å². The number of hydrogen-bond donors (Lipinski definition) is 1. The highest BCUT2D eigenvalue weighted by atomic mass is 32.2. The Kier molecular flexibility index (Phi) is 6.78. The summed E-state index contributed by atoms with van der Waals surface area (Å²) in [4.78, 5) is 2.81. The lowest BCUT2D eigenvalue weighted by Crippen LogP contribution is -2.20. The molecule has 0 amide bonds. The van der Waals surface area contributed by atoms with E-state index in [4.69, 9.17) is 0 Å². The molecule has 0 spiro atoms. The van der Waals surface area contributed by atoms with Crippen molar-refractivity contribution in [3.63, 3.8) is 0 Å². The molecule has 5 heteroatoms. The third-order valence-electron chi connectivity index (χ3n) is 5.32. The fourth-order valence-electron chi connectivity index (χ4n) is 3.94. The lowest BCUT2D eigenvalue weighted by molar-refractivity contribution is 0.335. The van der Waals surface area contributed by atoms with Gasteiger partial charge in [0.15, 0.2) is 0 Å². The number of benzene rings is 2. The molecule has 0 radical (unpaired) electrons. The van der Waals surface area contributed by atoms with Crippen molar-refractivity contribution in [2.45, 2.75) is 50.8 Å². The second-order valence-electron chi connectivity index (χ2n) is 8.26. The molecule has 0 aromatic heterocycles. The first kappa shape index (κ1) is 20.9. The summed E-state index contributed by atoms with van der Waals surface area (Å²) in [5.74, 6) is 1.10. The van der Waals surface area contributed by atoms with E-state index in [1.807, 2.05) is 24.3 Å². The first-order valence-corrected chi connectivity index (χ1v) is 11.8. The molecule has 2 aromatic rings. The molecule has 4 nitrogen and oxygen atoms in total. The van der Waals surface area contributed by atoms with Gasteiger partial charge in [-0.1, -0.05) is 45.0 Å². The second kappa shape index (κ2) is 9.10. The van der Waals surface area contributed by atoms with E-state index in [0.717, 1.165) is 31.6 Å². The molecule has 1 saturated heterocycles. The third kappa shape index (κ3) is 5.36. The molecule has 1 atom stereocenters. The molecule has 1 aliphatic rings. The second-order valence-corrected chi connectivity index (χ2v) is 9.94. The number of likely N-dealkylation sites (tertiary alicyclic amines) is 1. The van der Waals surface area contributed by atoms with Crippen molar-refractivity contribution in [1.29, 1.82) is 0 Å². The van der Waals surface area contributed by atoms with Gasteiger partial charge in [0.1, 0.15) is 0 Å². The quantitative estimate of drug-likeness (QED) is 0.687. The van der Waals surface area contributed by atoms with Crippen molar-refractivity contribution in [3.05, 3.63) is 59.7 Å². The molecule has 1 N–H and O–H groups in total. The summed E-state index contributed by atoms with van der Waals surface area (Å²) in [5, 5.41) is 0. The van der Waals surface area contributed by atoms with Gasteiger partial charge in [0.05, 0.1) is 4.90 Å². The van der Waals surface area contributed by atoms with Gasteiger partial charge in [-0.3, -0.25) is 4.72 Å². The van der Waals surface area contributed by atoms with Gasteiger partial charge < -0.3 is 4.90 Å². The predicted molar refractivity (Wildman–Crippen MR) is 116 cm³/mol. The summed E-state index contributed by atoms with van der Waals surface area (Å²) < 4.78 is 28.1. The largest absolute Gasteiger partial charge is 0.303 e. The van der Waals surface area contributed by atoms with Crippen molar-refractivity contribution < 1.29 is 8.42 Å². The highest BCUT2D eigenvalue weighted by Gasteiger charge is 2.23.